The lowest BCUT2D eigenvalue weighted by Crippen LogP contribution is -2.26. The first-order valence-corrected chi connectivity index (χ1v) is 6.18. The summed E-state index contributed by atoms with van der Waals surface area (Å²) in [5, 5.41) is 0. The largest absolute Gasteiger partial charge is 0.496 e. The second kappa shape index (κ2) is 4.25. The fourth-order valence-electron chi connectivity index (χ4n) is 1.63. The van der Waals surface area contributed by atoms with E-state index in [1.54, 1.807) is 7.11 Å². The minimum atomic E-state index is -1.30. The highest BCUT2D eigenvalue weighted by Crippen LogP contribution is 2.31. The second-order valence-electron chi connectivity index (χ2n) is 3.51. The molecule has 4 nitrogen and oxygen atoms in total. The van der Waals surface area contributed by atoms with Gasteiger partial charge in [-0.3, -0.25) is 0 Å². The molecule has 16 heavy (non-hydrogen) atoms. The number of amidine groups is 1. The van der Waals surface area contributed by atoms with Gasteiger partial charge < -0.3 is 9.64 Å². The molecule has 1 atom stereocenters. The molecule has 0 aliphatic carbocycles. The van der Waals surface area contributed by atoms with Gasteiger partial charge in [0.1, 0.15) is 5.75 Å². The summed E-state index contributed by atoms with van der Waals surface area (Å²) in [6.07, 6.45) is 0. The van der Waals surface area contributed by atoms with E-state index in [4.69, 9.17) is 4.74 Å². The first-order chi connectivity index (χ1) is 7.69. The zero-order valence-electron chi connectivity index (χ0n) is 9.56. The normalized spacial score (nSPS) is 17.9. The number of fused-ring (bicyclic) bond motifs is 1. The van der Waals surface area contributed by atoms with Crippen molar-refractivity contribution in [2.45, 2.75) is 11.8 Å². The first kappa shape index (κ1) is 11.1. The third-order valence-electron chi connectivity index (χ3n) is 2.62. The molecule has 2 rings (SSSR count). The van der Waals surface area contributed by atoms with E-state index in [0.717, 1.165) is 28.6 Å². The van der Waals surface area contributed by atoms with Gasteiger partial charge in [-0.2, -0.15) is 4.40 Å². The van der Waals surface area contributed by atoms with Crippen LogP contribution in [0, 0.1) is 0 Å². The highest BCUT2D eigenvalue weighted by atomic mass is 32.2. The van der Waals surface area contributed by atoms with Crippen LogP contribution in [0.15, 0.2) is 27.5 Å². The summed E-state index contributed by atoms with van der Waals surface area (Å²) in [4.78, 5) is 2.70. The van der Waals surface area contributed by atoms with Gasteiger partial charge in [0.25, 0.3) is 0 Å². The van der Waals surface area contributed by atoms with Gasteiger partial charge in [-0.25, -0.2) is 4.21 Å². The van der Waals surface area contributed by atoms with E-state index in [9.17, 15) is 4.21 Å². The molecule has 0 amide bonds. The third kappa shape index (κ3) is 1.61. The maximum Gasteiger partial charge on any atom is 0.175 e. The molecule has 1 aromatic carbocycles. The molecule has 0 saturated heterocycles. The van der Waals surface area contributed by atoms with Gasteiger partial charge in [0.15, 0.2) is 16.8 Å². The maximum atomic E-state index is 11.8. The zero-order valence-corrected chi connectivity index (χ0v) is 10.4. The molecular weight excluding hydrogens is 224 g/mol. The van der Waals surface area contributed by atoms with Crippen LogP contribution in [0.5, 0.6) is 5.75 Å². The Bertz CT molecular complexity index is 471. The van der Waals surface area contributed by atoms with E-state index in [-0.39, 0.29) is 0 Å². The molecule has 86 valence electrons. The first-order valence-electron chi connectivity index (χ1n) is 5.08. The molecule has 0 saturated carbocycles. The topological polar surface area (TPSA) is 41.9 Å². The average Bonchev–Trinajstić information content (AvgIpc) is 2.66. The molecule has 0 fully saturated rings. The van der Waals surface area contributed by atoms with Crippen molar-refractivity contribution in [3.63, 3.8) is 0 Å². The molecular formula is C11H14N2O2S. The smallest absolute Gasteiger partial charge is 0.175 e. The lowest BCUT2D eigenvalue weighted by Gasteiger charge is -2.17. The van der Waals surface area contributed by atoms with Crippen LogP contribution in [-0.4, -0.2) is 35.6 Å². The Morgan fingerprint density at radius 3 is 2.88 bits per heavy atom. The van der Waals surface area contributed by atoms with Crippen LogP contribution in [0.3, 0.4) is 0 Å². The predicted molar refractivity (Wildman–Crippen MR) is 64.2 cm³/mol. The van der Waals surface area contributed by atoms with E-state index >= 15 is 0 Å². The Kier molecular flexibility index (Phi) is 2.96. The van der Waals surface area contributed by atoms with Crippen LogP contribution < -0.4 is 4.74 Å². The van der Waals surface area contributed by atoms with Crippen molar-refractivity contribution < 1.29 is 8.95 Å². The Morgan fingerprint density at radius 2 is 2.25 bits per heavy atom. The van der Waals surface area contributed by atoms with Crippen molar-refractivity contribution in [1.29, 1.82) is 0 Å². The molecule has 1 heterocycles. The highest BCUT2D eigenvalue weighted by Gasteiger charge is 2.27. The summed E-state index contributed by atoms with van der Waals surface area (Å²) >= 11 is 0. The number of nitrogens with zero attached hydrogens (tertiary/aromatic N) is 2. The van der Waals surface area contributed by atoms with Crippen molar-refractivity contribution in [3.05, 3.63) is 23.8 Å². The SMILES string of the molecule is CCN(C)C1=NS(=O)c2cccc(OC)c21. The number of hydrogen-bond acceptors (Lipinski definition) is 3. The lowest BCUT2D eigenvalue weighted by atomic mass is 10.1. The Labute approximate surface area is 97.5 Å². The summed E-state index contributed by atoms with van der Waals surface area (Å²) in [7, 11) is 2.24. The van der Waals surface area contributed by atoms with Crippen LogP contribution in [-0.2, 0) is 11.0 Å². The van der Waals surface area contributed by atoms with Crippen LogP contribution >= 0.6 is 0 Å². The number of benzene rings is 1. The summed E-state index contributed by atoms with van der Waals surface area (Å²) in [5.41, 5.74) is 0.854. The molecule has 5 heteroatoms. The number of methoxy groups -OCH3 is 1. The van der Waals surface area contributed by atoms with Crippen LogP contribution in [0.2, 0.25) is 0 Å². The van der Waals surface area contributed by atoms with E-state index in [0.29, 0.717) is 0 Å². The van der Waals surface area contributed by atoms with Crippen LogP contribution in [0.25, 0.3) is 0 Å². The molecule has 0 bridgehead atoms. The van der Waals surface area contributed by atoms with Gasteiger partial charge in [0.05, 0.1) is 17.6 Å². The molecule has 1 unspecified atom stereocenters. The molecule has 0 radical (unpaired) electrons. The van der Waals surface area contributed by atoms with E-state index in [1.165, 1.54) is 0 Å². The number of ether oxygens (including phenoxy) is 1. The highest BCUT2D eigenvalue weighted by molar-refractivity contribution is 7.84. The monoisotopic (exact) mass is 238 g/mol. The maximum absolute atomic E-state index is 11.8. The second-order valence-corrected chi connectivity index (χ2v) is 4.63. The van der Waals surface area contributed by atoms with Crippen molar-refractivity contribution >= 4 is 16.8 Å². The van der Waals surface area contributed by atoms with Crippen molar-refractivity contribution in [1.82, 2.24) is 4.90 Å². The minimum Gasteiger partial charge on any atom is -0.496 e. The molecule has 1 aliphatic rings. The average molecular weight is 238 g/mol. The Morgan fingerprint density at radius 1 is 1.50 bits per heavy atom. The van der Waals surface area contributed by atoms with E-state index < -0.39 is 11.0 Å². The van der Waals surface area contributed by atoms with Gasteiger partial charge in [0, 0.05) is 13.6 Å². The van der Waals surface area contributed by atoms with Gasteiger partial charge in [0.2, 0.25) is 0 Å². The van der Waals surface area contributed by atoms with Gasteiger partial charge >= 0.3 is 0 Å². The third-order valence-corrected chi connectivity index (χ3v) is 3.68. The Hall–Kier alpha value is -1.36. The standard InChI is InChI=1S/C11H14N2O2S/c1-4-13(2)11-10-8(15-3)6-5-7-9(10)16(14)12-11/h5-7H,4H2,1-3H3. The lowest BCUT2D eigenvalue weighted by molar-refractivity contribution is 0.411. The van der Waals surface area contributed by atoms with Gasteiger partial charge in [-0.1, -0.05) is 6.07 Å². The molecule has 1 aromatic rings. The van der Waals surface area contributed by atoms with Crippen LogP contribution in [0.1, 0.15) is 12.5 Å². The molecule has 0 aromatic heterocycles. The number of hydrogen-bond donors (Lipinski definition) is 0. The minimum absolute atomic E-state index is 0.724. The molecule has 0 N–H and O–H groups in total. The molecule has 1 aliphatic heterocycles. The zero-order chi connectivity index (χ0) is 11.7. The van der Waals surface area contributed by atoms with Gasteiger partial charge in [-0.05, 0) is 19.1 Å². The van der Waals surface area contributed by atoms with Crippen LogP contribution in [0.4, 0.5) is 0 Å². The summed E-state index contributed by atoms with van der Waals surface area (Å²) < 4.78 is 21.3. The van der Waals surface area contributed by atoms with Crippen molar-refractivity contribution in [2.24, 2.45) is 4.40 Å². The van der Waals surface area contributed by atoms with E-state index in [1.807, 2.05) is 37.1 Å². The molecule has 0 spiro atoms. The van der Waals surface area contributed by atoms with Crippen molar-refractivity contribution in [3.8, 4) is 5.75 Å². The van der Waals surface area contributed by atoms with Gasteiger partial charge in [-0.15, -0.1) is 0 Å². The Balaban J connectivity index is 2.57. The quantitative estimate of drug-likeness (QED) is 0.782. The summed E-state index contributed by atoms with van der Waals surface area (Å²) in [5.74, 6) is 1.47. The summed E-state index contributed by atoms with van der Waals surface area (Å²) in [6.45, 7) is 2.84. The summed E-state index contributed by atoms with van der Waals surface area (Å²) in [6, 6.07) is 5.52. The fourth-order valence-corrected chi connectivity index (χ4v) is 2.68. The fraction of sp³-hybridized carbons (Fsp3) is 0.364. The van der Waals surface area contributed by atoms with Crippen molar-refractivity contribution in [2.75, 3.05) is 20.7 Å². The number of rotatable bonds is 2. The van der Waals surface area contributed by atoms with E-state index in [2.05, 4.69) is 4.40 Å². The predicted octanol–water partition coefficient (Wildman–Crippen LogP) is 1.43.